The number of hydrogen-bond donors (Lipinski definition) is 4. The van der Waals surface area contributed by atoms with E-state index in [0.717, 1.165) is 37.0 Å². The molecule has 0 saturated heterocycles. The maximum Gasteiger partial charge on any atom is 0.0756 e. The molecule has 2 fully saturated rings. The van der Waals surface area contributed by atoms with Gasteiger partial charge in [-0.3, -0.25) is 5.10 Å². The van der Waals surface area contributed by atoms with Crippen LogP contribution < -0.4 is 0 Å². The largest absolute Gasteiger partial charge is 0.396 e. The molecule has 0 aromatic carbocycles. The summed E-state index contributed by atoms with van der Waals surface area (Å²) in [4.78, 5) is 0. The molecule has 2 saturated carbocycles. The third-order valence-electron chi connectivity index (χ3n) is 8.48. The van der Waals surface area contributed by atoms with Crippen molar-refractivity contribution in [2.75, 3.05) is 13.2 Å². The normalized spacial score (nSPS) is 45.4. The van der Waals surface area contributed by atoms with Gasteiger partial charge in [0.2, 0.25) is 0 Å². The highest BCUT2D eigenvalue weighted by Gasteiger charge is 2.58. The minimum Gasteiger partial charge on any atom is -0.396 e. The van der Waals surface area contributed by atoms with Crippen molar-refractivity contribution in [3.8, 4) is 0 Å². The average molecular weight is 360 g/mol. The van der Waals surface area contributed by atoms with Crippen LogP contribution in [-0.4, -0.2) is 44.8 Å². The Hall–Kier alpha value is -1.17. The molecule has 144 valence electrons. The predicted octanol–water partition coefficient (Wildman–Crippen LogP) is 2.08. The summed E-state index contributed by atoms with van der Waals surface area (Å²) in [6, 6.07) is 0. The summed E-state index contributed by atoms with van der Waals surface area (Å²) in [6.07, 6.45) is 5.88. The van der Waals surface area contributed by atoms with Crippen LogP contribution in [-0.2, 0) is 12.8 Å². The van der Waals surface area contributed by atoms with Gasteiger partial charge in [0.1, 0.15) is 0 Å². The van der Waals surface area contributed by atoms with E-state index in [1.165, 1.54) is 5.56 Å². The van der Waals surface area contributed by atoms with Crippen molar-refractivity contribution in [2.24, 2.45) is 34.5 Å². The number of hydrogen-bond acceptors (Lipinski definition) is 4. The van der Waals surface area contributed by atoms with Gasteiger partial charge in [-0.25, -0.2) is 0 Å². The van der Waals surface area contributed by atoms with E-state index in [1.807, 2.05) is 6.20 Å². The number of rotatable bonds is 3. The molecule has 0 spiro atoms. The highest BCUT2D eigenvalue weighted by molar-refractivity contribution is 5.28. The van der Waals surface area contributed by atoms with E-state index in [2.05, 4.69) is 30.6 Å². The Bertz CT molecular complexity index is 701. The number of nitrogens with zero attached hydrogens (tertiary/aromatic N) is 1. The molecule has 5 nitrogen and oxygen atoms in total. The van der Waals surface area contributed by atoms with Crippen molar-refractivity contribution in [3.63, 3.8) is 0 Å². The first kappa shape index (κ1) is 18.2. The second kappa shape index (κ2) is 6.18. The molecule has 1 aromatic rings. The lowest BCUT2D eigenvalue weighted by atomic mass is 9.49. The molecule has 0 unspecified atom stereocenters. The summed E-state index contributed by atoms with van der Waals surface area (Å²) in [5.74, 6) is 0.878. The van der Waals surface area contributed by atoms with Crippen LogP contribution >= 0.6 is 0 Å². The molecule has 0 radical (unpaired) electrons. The fraction of sp³-hybridized carbons (Fsp3) is 0.762. The summed E-state index contributed by atoms with van der Waals surface area (Å²) in [5.41, 5.74) is 3.19. The molecule has 26 heavy (non-hydrogen) atoms. The molecule has 0 bridgehead atoms. The van der Waals surface area contributed by atoms with Crippen LogP contribution in [0.1, 0.15) is 44.4 Å². The zero-order valence-corrected chi connectivity index (χ0v) is 15.9. The van der Waals surface area contributed by atoms with Crippen molar-refractivity contribution >= 4 is 0 Å². The fourth-order valence-electron chi connectivity index (χ4n) is 6.69. The van der Waals surface area contributed by atoms with Crippen LogP contribution in [0.15, 0.2) is 18.3 Å². The first-order chi connectivity index (χ1) is 12.3. The highest BCUT2D eigenvalue weighted by atomic mass is 16.3. The van der Waals surface area contributed by atoms with Crippen LogP contribution in [0.2, 0.25) is 0 Å². The van der Waals surface area contributed by atoms with E-state index in [1.54, 1.807) is 0 Å². The van der Waals surface area contributed by atoms with Gasteiger partial charge in [0.25, 0.3) is 0 Å². The van der Waals surface area contributed by atoms with Crippen LogP contribution in [0.3, 0.4) is 0 Å². The quantitative estimate of drug-likeness (QED) is 0.622. The predicted molar refractivity (Wildman–Crippen MR) is 99.3 cm³/mol. The Morgan fingerprint density at radius 2 is 2.04 bits per heavy atom. The van der Waals surface area contributed by atoms with E-state index in [4.69, 9.17) is 0 Å². The average Bonchev–Trinajstić information content (AvgIpc) is 3.16. The standard InChI is InChI=1S/C21H32N2O3/c1-12-19(26)7-17-15(11-25)16(4-5-20(12,17)2)21(3)8-13-9-22-23-18(13)6-14(21)10-24/h9,14-17,19,24-26H,1,4-8,10-11H2,2-3H3,(H,22,23)/t14-,15+,16+,17+,19+,20-,21-/m1/s1. The zero-order valence-electron chi connectivity index (χ0n) is 15.9. The van der Waals surface area contributed by atoms with Crippen LogP contribution in [0.25, 0.3) is 0 Å². The number of aromatic amines is 1. The first-order valence-electron chi connectivity index (χ1n) is 9.95. The number of H-pyrrole nitrogens is 1. The Labute approximate surface area is 155 Å². The van der Waals surface area contributed by atoms with E-state index in [9.17, 15) is 15.3 Å². The van der Waals surface area contributed by atoms with Crippen LogP contribution in [0, 0.1) is 34.5 Å². The van der Waals surface area contributed by atoms with Gasteiger partial charge in [-0.1, -0.05) is 20.4 Å². The Balaban J connectivity index is 1.70. The van der Waals surface area contributed by atoms with Crippen molar-refractivity contribution in [1.82, 2.24) is 10.2 Å². The first-order valence-corrected chi connectivity index (χ1v) is 9.95. The van der Waals surface area contributed by atoms with Gasteiger partial charge in [0.15, 0.2) is 0 Å². The molecule has 1 heterocycles. The Morgan fingerprint density at radius 3 is 2.73 bits per heavy atom. The number of fused-ring (bicyclic) bond motifs is 2. The van der Waals surface area contributed by atoms with Gasteiger partial charge in [-0.15, -0.1) is 0 Å². The number of aliphatic hydroxyl groups excluding tert-OH is 3. The summed E-state index contributed by atoms with van der Waals surface area (Å²) in [5, 5.41) is 38.2. The zero-order chi connectivity index (χ0) is 18.7. The van der Waals surface area contributed by atoms with Crippen LogP contribution in [0.5, 0.6) is 0 Å². The molecule has 1 aromatic heterocycles. The molecule has 5 heteroatoms. The van der Waals surface area contributed by atoms with Crippen molar-refractivity contribution in [3.05, 3.63) is 29.6 Å². The molecule has 4 rings (SSSR count). The second-order valence-electron chi connectivity index (χ2n) is 9.43. The smallest absolute Gasteiger partial charge is 0.0756 e. The minimum absolute atomic E-state index is 0.0742. The number of nitrogens with one attached hydrogen (secondary N) is 1. The second-order valence-corrected chi connectivity index (χ2v) is 9.43. The van der Waals surface area contributed by atoms with Gasteiger partial charge in [0.05, 0.1) is 12.3 Å². The van der Waals surface area contributed by atoms with Gasteiger partial charge < -0.3 is 15.3 Å². The third-order valence-corrected chi connectivity index (χ3v) is 8.48. The van der Waals surface area contributed by atoms with E-state index < -0.39 is 6.10 Å². The molecule has 3 aliphatic carbocycles. The van der Waals surface area contributed by atoms with Crippen molar-refractivity contribution in [1.29, 1.82) is 0 Å². The summed E-state index contributed by atoms with van der Waals surface area (Å²) < 4.78 is 0. The van der Waals surface area contributed by atoms with Gasteiger partial charge in [-0.05, 0) is 77.7 Å². The highest BCUT2D eigenvalue weighted by Crippen LogP contribution is 2.62. The van der Waals surface area contributed by atoms with Crippen LogP contribution in [0.4, 0.5) is 0 Å². The van der Waals surface area contributed by atoms with Gasteiger partial charge >= 0.3 is 0 Å². The number of aromatic nitrogens is 2. The van der Waals surface area contributed by atoms with Crippen molar-refractivity contribution in [2.45, 2.75) is 52.1 Å². The van der Waals surface area contributed by atoms with Crippen molar-refractivity contribution < 1.29 is 15.3 Å². The summed E-state index contributed by atoms with van der Waals surface area (Å²) in [7, 11) is 0. The van der Waals surface area contributed by atoms with E-state index in [0.29, 0.717) is 12.3 Å². The summed E-state index contributed by atoms with van der Waals surface area (Å²) in [6.45, 7) is 8.98. The topological polar surface area (TPSA) is 89.4 Å². The van der Waals surface area contributed by atoms with Gasteiger partial charge in [0, 0.05) is 18.9 Å². The monoisotopic (exact) mass is 360 g/mol. The van der Waals surface area contributed by atoms with E-state index >= 15 is 0 Å². The summed E-state index contributed by atoms with van der Waals surface area (Å²) >= 11 is 0. The lowest BCUT2D eigenvalue weighted by molar-refractivity contribution is -0.0744. The number of aliphatic hydroxyl groups is 3. The fourth-order valence-corrected chi connectivity index (χ4v) is 6.69. The molecule has 4 N–H and O–H groups in total. The molecule has 0 amide bonds. The Kier molecular flexibility index (Phi) is 4.33. The Morgan fingerprint density at radius 1 is 1.27 bits per heavy atom. The third kappa shape index (κ3) is 2.36. The van der Waals surface area contributed by atoms with E-state index in [-0.39, 0.29) is 41.8 Å². The lowest BCUT2D eigenvalue weighted by Crippen LogP contribution is -2.52. The van der Waals surface area contributed by atoms with Gasteiger partial charge in [-0.2, -0.15) is 5.10 Å². The molecular formula is C21H32N2O3. The molecular weight excluding hydrogens is 328 g/mol. The molecule has 0 aliphatic heterocycles. The molecule has 3 aliphatic rings. The molecule has 7 atom stereocenters. The maximum absolute atomic E-state index is 10.4. The SMILES string of the molecule is C=C1[C@@H](O)C[C@H]2[C@@H](CO)[C@@H]([C@]3(C)Cc4cn[nH]c4C[C@@H]3CO)CC[C@]12C. The lowest BCUT2D eigenvalue weighted by Gasteiger charge is -2.55. The minimum atomic E-state index is -0.453. The maximum atomic E-state index is 10.4.